The molecule has 1 aliphatic carbocycles. The fourth-order valence-electron chi connectivity index (χ4n) is 2.95. The SMILES string of the molecule is CC(Nc1nc2ccc(N)cc2o1)C1CCCCC1. The van der Waals surface area contributed by atoms with Gasteiger partial charge < -0.3 is 15.5 Å². The molecular weight excluding hydrogens is 238 g/mol. The maximum atomic E-state index is 5.74. The second kappa shape index (κ2) is 5.11. The molecule has 1 aliphatic rings. The van der Waals surface area contributed by atoms with Gasteiger partial charge in [-0.1, -0.05) is 19.3 Å². The van der Waals surface area contributed by atoms with Crippen molar-refractivity contribution in [2.75, 3.05) is 11.1 Å². The second-order valence-electron chi connectivity index (χ2n) is 5.58. The number of hydrogen-bond acceptors (Lipinski definition) is 4. The smallest absolute Gasteiger partial charge is 0.295 e. The van der Waals surface area contributed by atoms with E-state index in [2.05, 4.69) is 17.2 Å². The van der Waals surface area contributed by atoms with Crippen LogP contribution in [-0.4, -0.2) is 11.0 Å². The number of nitrogen functional groups attached to an aromatic ring is 1. The fourth-order valence-corrected chi connectivity index (χ4v) is 2.95. The summed E-state index contributed by atoms with van der Waals surface area (Å²) >= 11 is 0. The molecular formula is C15H21N3O. The van der Waals surface area contributed by atoms with Crippen molar-refractivity contribution < 1.29 is 4.42 Å². The van der Waals surface area contributed by atoms with E-state index in [0.29, 0.717) is 17.7 Å². The molecule has 1 fully saturated rings. The van der Waals surface area contributed by atoms with Crippen LogP contribution in [0.25, 0.3) is 11.1 Å². The van der Waals surface area contributed by atoms with Gasteiger partial charge in [0.15, 0.2) is 5.58 Å². The van der Waals surface area contributed by atoms with Crippen molar-refractivity contribution >= 4 is 22.8 Å². The number of benzene rings is 1. The molecule has 1 aromatic heterocycles. The van der Waals surface area contributed by atoms with Crippen LogP contribution in [0.15, 0.2) is 22.6 Å². The van der Waals surface area contributed by atoms with E-state index in [4.69, 9.17) is 10.2 Å². The third-order valence-corrected chi connectivity index (χ3v) is 4.12. The lowest BCUT2D eigenvalue weighted by molar-refractivity contribution is 0.325. The summed E-state index contributed by atoms with van der Waals surface area (Å²) in [6.45, 7) is 2.22. The Bertz CT molecular complexity index is 558. The molecule has 3 rings (SSSR count). The summed E-state index contributed by atoms with van der Waals surface area (Å²) < 4.78 is 5.71. The van der Waals surface area contributed by atoms with Gasteiger partial charge in [-0.05, 0) is 37.8 Å². The minimum Gasteiger partial charge on any atom is -0.423 e. The zero-order chi connectivity index (χ0) is 13.2. The first-order valence-electron chi connectivity index (χ1n) is 7.15. The van der Waals surface area contributed by atoms with Crippen molar-refractivity contribution in [3.8, 4) is 0 Å². The molecule has 1 heterocycles. The molecule has 4 heteroatoms. The third-order valence-electron chi connectivity index (χ3n) is 4.12. The monoisotopic (exact) mass is 259 g/mol. The van der Waals surface area contributed by atoms with Crippen molar-refractivity contribution in [1.29, 1.82) is 0 Å². The Hall–Kier alpha value is -1.71. The maximum Gasteiger partial charge on any atom is 0.295 e. The molecule has 2 aromatic rings. The van der Waals surface area contributed by atoms with Crippen LogP contribution in [0.1, 0.15) is 39.0 Å². The Kier molecular flexibility index (Phi) is 3.32. The van der Waals surface area contributed by atoms with Crippen LogP contribution in [0.2, 0.25) is 0 Å². The number of rotatable bonds is 3. The van der Waals surface area contributed by atoms with E-state index in [-0.39, 0.29) is 0 Å². The first-order chi connectivity index (χ1) is 9.22. The Morgan fingerprint density at radius 2 is 2.11 bits per heavy atom. The number of nitrogens with one attached hydrogen (secondary N) is 1. The highest BCUT2D eigenvalue weighted by Gasteiger charge is 2.21. The van der Waals surface area contributed by atoms with Gasteiger partial charge in [0.2, 0.25) is 0 Å². The minimum absolute atomic E-state index is 0.408. The number of aromatic nitrogens is 1. The van der Waals surface area contributed by atoms with Gasteiger partial charge in [-0.3, -0.25) is 0 Å². The summed E-state index contributed by atoms with van der Waals surface area (Å²) in [4.78, 5) is 4.46. The Morgan fingerprint density at radius 3 is 2.89 bits per heavy atom. The number of hydrogen-bond donors (Lipinski definition) is 2. The Balaban J connectivity index is 1.73. The standard InChI is InChI=1S/C15H21N3O/c1-10(11-5-3-2-4-6-11)17-15-18-13-8-7-12(16)9-14(13)19-15/h7-11H,2-6,16H2,1H3,(H,17,18). The number of oxazole rings is 1. The van der Waals surface area contributed by atoms with Crippen LogP contribution < -0.4 is 11.1 Å². The van der Waals surface area contributed by atoms with E-state index >= 15 is 0 Å². The normalized spacial score (nSPS) is 18.6. The van der Waals surface area contributed by atoms with Crippen LogP contribution in [0, 0.1) is 5.92 Å². The fraction of sp³-hybridized carbons (Fsp3) is 0.533. The van der Waals surface area contributed by atoms with Crippen LogP contribution in [-0.2, 0) is 0 Å². The predicted molar refractivity (Wildman–Crippen MR) is 78.1 cm³/mol. The first-order valence-corrected chi connectivity index (χ1v) is 7.15. The van der Waals surface area contributed by atoms with E-state index in [9.17, 15) is 0 Å². The number of fused-ring (bicyclic) bond motifs is 1. The van der Waals surface area contributed by atoms with Gasteiger partial charge in [0, 0.05) is 17.8 Å². The lowest BCUT2D eigenvalue weighted by Gasteiger charge is -2.27. The molecule has 0 bridgehead atoms. The number of anilines is 2. The highest BCUT2D eigenvalue weighted by molar-refractivity contribution is 5.78. The maximum absolute atomic E-state index is 5.74. The van der Waals surface area contributed by atoms with E-state index in [1.54, 1.807) is 0 Å². The Labute approximate surface area is 113 Å². The Morgan fingerprint density at radius 1 is 1.32 bits per heavy atom. The third kappa shape index (κ3) is 2.67. The van der Waals surface area contributed by atoms with Gasteiger partial charge in [0.25, 0.3) is 6.01 Å². The summed E-state index contributed by atoms with van der Waals surface area (Å²) in [7, 11) is 0. The van der Waals surface area contributed by atoms with Crippen LogP contribution in [0.5, 0.6) is 0 Å². The van der Waals surface area contributed by atoms with Gasteiger partial charge in [0.1, 0.15) is 5.52 Å². The number of nitrogens with zero attached hydrogens (tertiary/aromatic N) is 1. The van der Waals surface area contributed by atoms with Gasteiger partial charge in [0.05, 0.1) is 0 Å². The van der Waals surface area contributed by atoms with Crippen molar-refractivity contribution in [2.45, 2.75) is 45.1 Å². The molecule has 0 aliphatic heterocycles. The van der Waals surface area contributed by atoms with Crippen molar-refractivity contribution in [2.24, 2.45) is 5.92 Å². The molecule has 0 saturated heterocycles. The summed E-state index contributed by atoms with van der Waals surface area (Å²) in [5.41, 5.74) is 8.05. The molecule has 1 saturated carbocycles. The van der Waals surface area contributed by atoms with Crippen molar-refractivity contribution in [3.05, 3.63) is 18.2 Å². The summed E-state index contributed by atoms with van der Waals surface area (Å²) in [5.74, 6) is 0.730. The topological polar surface area (TPSA) is 64.1 Å². The zero-order valence-corrected chi connectivity index (χ0v) is 11.4. The quantitative estimate of drug-likeness (QED) is 0.823. The second-order valence-corrected chi connectivity index (χ2v) is 5.58. The summed E-state index contributed by atoms with van der Waals surface area (Å²) in [6, 6.07) is 6.58. The molecule has 3 N–H and O–H groups in total. The largest absolute Gasteiger partial charge is 0.423 e. The van der Waals surface area contributed by atoms with Gasteiger partial charge >= 0.3 is 0 Å². The summed E-state index contributed by atoms with van der Waals surface area (Å²) in [5, 5.41) is 3.40. The van der Waals surface area contributed by atoms with Gasteiger partial charge in [-0.2, -0.15) is 4.98 Å². The molecule has 1 unspecified atom stereocenters. The van der Waals surface area contributed by atoms with Crippen molar-refractivity contribution in [3.63, 3.8) is 0 Å². The lowest BCUT2D eigenvalue weighted by atomic mass is 9.85. The van der Waals surface area contributed by atoms with Gasteiger partial charge in [-0.15, -0.1) is 0 Å². The molecule has 1 atom stereocenters. The van der Waals surface area contributed by atoms with Crippen LogP contribution >= 0.6 is 0 Å². The van der Waals surface area contributed by atoms with E-state index in [1.165, 1.54) is 32.1 Å². The average Bonchev–Trinajstić information content (AvgIpc) is 2.81. The molecule has 0 amide bonds. The molecule has 1 aromatic carbocycles. The summed E-state index contributed by atoms with van der Waals surface area (Å²) in [6.07, 6.45) is 6.69. The lowest BCUT2D eigenvalue weighted by Crippen LogP contribution is -2.27. The number of nitrogens with two attached hydrogens (primary N) is 1. The average molecular weight is 259 g/mol. The van der Waals surface area contributed by atoms with E-state index in [1.807, 2.05) is 18.2 Å². The molecule has 4 nitrogen and oxygen atoms in total. The minimum atomic E-state index is 0.408. The van der Waals surface area contributed by atoms with Crippen LogP contribution in [0.4, 0.5) is 11.7 Å². The van der Waals surface area contributed by atoms with Crippen molar-refractivity contribution in [1.82, 2.24) is 4.98 Å². The highest BCUT2D eigenvalue weighted by atomic mass is 16.4. The zero-order valence-electron chi connectivity index (χ0n) is 11.4. The molecule has 19 heavy (non-hydrogen) atoms. The highest BCUT2D eigenvalue weighted by Crippen LogP contribution is 2.29. The van der Waals surface area contributed by atoms with E-state index in [0.717, 1.165) is 17.0 Å². The molecule has 0 spiro atoms. The van der Waals surface area contributed by atoms with E-state index < -0.39 is 0 Å². The first kappa shape index (κ1) is 12.3. The van der Waals surface area contributed by atoms with Crippen LogP contribution in [0.3, 0.4) is 0 Å². The van der Waals surface area contributed by atoms with Gasteiger partial charge in [-0.25, -0.2) is 0 Å². The molecule has 102 valence electrons. The predicted octanol–water partition coefficient (Wildman–Crippen LogP) is 3.79. The molecule has 0 radical (unpaired) electrons.